The van der Waals surface area contributed by atoms with Crippen LogP contribution in [0.4, 0.5) is 0 Å². The minimum atomic E-state index is -0.0190. The van der Waals surface area contributed by atoms with Gasteiger partial charge in [-0.25, -0.2) is 0 Å². The molecule has 0 aromatic heterocycles. The van der Waals surface area contributed by atoms with E-state index >= 15 is 0 Å². The average Bonchev–Trinajstić information content (AvgIpc) is 3.09. The van der Waals surface area contributed by atoms with Gasteiger partial charge < -0.3 is 0 Å². The third kappa shape index (κ3) is 2.15. The summed E-state index contributed by atoms with van der Waals surface area (Å²) in [5, 5.41) is 0. The normalized spacial score (nSPS) is 15.4. The van der Waals surface area contributed by atoms with Gasteiger partial charge in [-0.2, -0.15) is 0 Å². The zero-order valence-corrected chi connectivity index (χ0v) is 16.7. The highest BCUT2D eigenvalue weighted by Crippen LogP contribution is 2.56. The molecule has 0 fully saturated rings. The molecule has 4 aromatic rings. The fourth-order valence-electron chi connectivity index (χ4n) is 5.34. The largest absolute Gasteiger partial charge is 0.113 e. The monoisotopic (exact) mass is 370 g/mol. The topological polar surface area (TPSA) is 0 Å². The lowest BCUT2D eigenvalue weighted by molar-refractivity contribution is 0.616. The molecule has 0 saturated carbocycles. The third-order valence-electron chi connectivity index (χ3n) is 6.67. The maximum Gasteiger partial charge on any atom is 0.113 e. The van der Waals surface area contributed by atoms with E-state index in [1.54, 1.807) is 0 Å². The molecule has 29 heavy (non-hydrogen) atoms. The van der Waals surface area contributed by atoms with Crippen molar-refractivity contribution in [1.82, 2.24) is 0 Å². The summed E-state index contributed by atoms with van der Waals surface area (Å²) in [5.74, 6) is 2.74. The third-order valence-corrected chi connectivity index (χ3v) is 6.67. The van der Waals surface area contributed by atoms with Crippen molar-refractivity contribution in [3.8, 4) is 11.1 Å². The summed E-state index contributed by atoms with van der Waals surface area (Å²) in [6, 6.07) is 35.6. The Morgan fingerprint density at radius 3 is 1.28 bits per heavy atom. The van der Waals surface area contributed by atoms with Crippen LogP contribution in [0.1, 0.15) is 47.2 Å². The van der Waals surface area contributed by atoms with Crippen molar-refractivity contribution in [2.45, 2.75) is 19.3 Å². The fourth-order valence-corrected chi connectivity index (χ4v) is 5.34. The molecule has 0 amide bonds. The number of hydrogen-bond acceptors (Lipinski definition) is 0. The summed E-state index contributed by atoms with van der Waals surface area (Å²) in [6.07, 6.45) is 0. The van der Waals surface area contributed by atoms with Crippen molar-refractivity contribution in [3.05, 3.63) is 142 Å². The Hall–Kier alpha value is -3.38. The van der Waals surface area contributed by atoms with Gasteiger partial charge >= 0.3 is 0 Å². The first-order valence-electron chi connectivity index (χ1n) is 10.3. The lowest BCUT2D eigenvalue weighted by Gasteiger charge is -2.34. The van der Waals surface area contributed by atoms with E-state index in [1.165, 1.54) is 56.3 Å². The molecule has 0 heterocycles. The first kappa shape index (κ1) is 16.6. The SMILES string of the molecule is CC1(C)c2ccccc2[C+]([C+]2c3ccccc3-c3ccccc32)c2ccccc21. The first-order valence-corrected chi connectivity index (χ1v) is 10.3. The summed E-state index contributed by atoms with van der Waals surface area (Å²) >= 11 is 0. The Morgan fingerprint density at radius 1 is 0.448 bits per heavy atom. The van der Waals surface area contributed by atoms with Crippen molar-refractivity contribution < 1.29 is 0 Å². The number of hydrogen-bond donors (Lipinski definition) is 0. The van der Waals surface area contributed by atoms with Gasteiger partial charge in [0, 0.05) is 35.4 Å². The van der Waals surface area contributed by atoms with Crippen LogP contribution in [0.2, 0.25) is 0 Å². The van der Waals surface area contributed by atoms with Crippen LogP contribution in [0, 0.1) is 11.8 Å². The zero-order valence-electron chi connectivity index (χ0n) is 16.7. The Labute approximate surface area is 172 Å². The molecule has 0 nitrogen and oxygen atoms in total. The molecular formula is C29H22+2. The maximum absolute atomic E-state index is 2.35. The summed E-state index contributed by atoms with van der Waals surface area (Å²) in [6.45, 7) is 4.70. The van der Waals surface area contributed by atoms with E-state index in [0.29, 0.717) is 0 Å². The van der Waals surface area contributed by atoms with E-state index < -0.39 is 0 Å². The second-order valence-electron chi connectivity index (χ2n) is 8.56. The van der Waals surface area contributed by atoms with E-state index in [2.05, 4.69) is 111 Å². The number of rotatable bonds is 1. The molecule has 0 N–H and O–H groups in total. The van der Waals surface area contributed by atoms with Gasteiger partial charge in [0.15, 0.2) is 0 Å². The predicted octanol–water partition coefficient (Wildman–Crippen LogP) is 6.95. The van der Waals surface area contributed by atoms with Gasteiger partial charge in [0.1, 0.15) is 23.0 Å². The second-order valence-corrected chi connectivity index (χ2v) is 8.56. The molecule has 0 heteroatoms. The summed E-state index contributed by atoms with van der Waals surface area (Å²) < 4.78 is 0. The summed E-state index contributed by atoms with van der Waals surface area (Å²) in [4.78, 5) is 0. The highest BCUT2D eigenvalue weighted by molar-refractivity contribution is 5.89. The van der Waals surface area contributed by atoms with Gasteiger partial charge in [0.05, 0.1) is 27.7 Å². The van der Waals surface area contributed by atoms with E-state index in [-0.39, 0.29) is 5.41 Å². The van der Waals surface area contributed by atoms with Gasteiger partial charge in [-0.1, -0.05) is 0 Å². The quantitative estimate of drug-likeness (QED) is 0.318. The van der Waals surface area contributed by atoms with E-state index in [1.807, 2.05) is 0 Å². The molecule has 136 valence electrons. The van der Waals surface area contributed by atoms with E-state index in [0.717, 1.165) is 0 Å². The molecule has 0 aliphatic heterocycles. The van der Waals surface area contributed by atoms with Crippen LogP contribution in [-0.4, -0.2) is 0 Å². The second kappa shape index (κ2) is 5.81. The van der Waals surface area contributed by atoms with Gasteiger partial charge in [0.25, 0.3) is 0 Å². The Bertz CT molecular complexity index is 1150. The van der Waals surface area contributed by atoms with Crippen molar-refractivity contribution >= 4 is 0 Å². The van der Waals surface area contributed by atoms with Gasteiger partial charge in [-0.15, -0.1) is 0 Å². The van der Waals surface area contributed by atoms with Gasteiger partial charge in [-0.3, -0.25) is 0 Å². The van der Waals surface area contributed by atoms with Gasteiger partial charge in [0.2, 0.25) is 0 Å². The lowest BCUT2D eigenvalue weighted by atomic mass is 9.61. The molecule has 6 rings (SSSR count). The standard InChI is InChI=1S/C29H22/c1-29(2)25-17-9-7-15-23(25)28(24-16-8-10-18-26(24)29)27-21-13-5-3-11-19(21)20-12-4-6-14-22(20)27/h3-18H,1-2H3/q+2. The van der Waals surface area contributed by atoms with Crippen LogP contribution in [0.3, 0.4) is 0 Å². The molecule has 0 radical (unpaired) electrons. The van der Waals surface area contributed by atoms with E-state index in [9.17, 15) is 0 Å². The lowest BCUT2D eigenvalue weighted by Crippen LogP contribution is -2.32. The van der Waals surface area contributed by atoms with Crippen molar-refractivity contribution in [1.29, 1.82) is 0 Å². The molecule has 0 atom stereocenters. The zero-order chi connectivity index (χ0) is 19.6. The molecule has 2 aliphatic rings. The Morgan fingerprint density at radius 2 is 0.793 bits per heavy atom. The first-order chi connectivity index (χ1) is 14.2. The van der Waals surface area contributed by atoms with Crippen molar-refractivity contribution in [2.24, 2.45) is 0 Å². The van der Waals surface area contributed by atoms with Crippen molar-refractivity contribution in [3.63, 3.8) is 0 Å². The summed E-state index contributed by atoms with van der Waals surface area (Å²) in [7, 11) is 0. The summed E-state index contributed by atoms with van der Waals surface area (Å²) in [5.41, 5.74) is 10.9. The smallest absolute Gasteiger partial charge is 0.0462 e. The number of fused-ring (bicyclic) bond motifs is 5. The van der Waals surface area contributed by atoms with Crippen LogP contribution in [-0.2, 0) is 5.41 Å². The number of benzene rings is 4. The average molecular weight is 370 g/mol. The molecule has 0 unspecified atom stereocenters. The maximum atomic E-state index is 2.35. The Balaban J connectivity index is 1.69. The molecule has 0 spiro atoms. The minimum Gasteiger partial charge on any atom is -0.0462 e. The highest BCUT2D eigenvalue weighted by Gasteiger charge is 2.52. The highest BCUT2D eigenvalue weighted by atomic mass is 14.5. The van der Waals surface area contributed by atoms with Crippen LogP contribution in [0.15, 0.2) is 97.1 Å². The molecule has 0 saturated heterocycles. The van der Waals surface area contributed by atoms with E-state index in [4.69, 9.17) is 0 Å². The molecule has 2 aliphatic carbocycles. The van der Waals surface area contributed by atoms with Crippen molar-refractivity contribution in [2.75, 3.05) is 0 Å². The predicted molar refractivity (Wildman–Crippen MR) is 120 cm³/mol. The van der Waals surface area contributed by atoms with Gasteiger partial charge in [-0.05, 0) is 86.6 Å². The van der Waals surface area contributed by atoms with Crippen LogP contribution >= 0.6 is 0 Å². The minimum absolute atomic E-state index is 0.0190. The van der Waals surface area contributed by atoms with Crippen LogP contribution in [0.25, 0.3) is 11.1 Å². The molecule has 4 aromatic carbocycles. The fraction of sp³-hybridized carbons (Fsp3) is 0.103. The molecule has 0 bridgehead atoms. The Kier molecular flexibility index (Phi) is 3.32. The molecular weight excluding hydrogens is 348 g/mol. The van der Waals surface area contributed by atoms with Crippen LogP contribution in [0.5, 0.6) is 0 Å². The van der Waals surface area contributed by atoms with Crippen LogP contribution < -0.4 is 0 Å².